The molecule has 3 amide bonds. The Labute approximate surface area is 217 Å². The number of pyridine rings is 1. The number of urea groups is 1. The van der Waals surface area contributed by atoms with Crippen LogP contribution in [-0.4, -0.2) is 23.5 Å². The van der Waals surface area contributed by atoms with E-state index in [1.807, 2.05) is 54.6 Å². The molecule has 6 nitrogen and oxygen atoms in total. The summed E-state index contributed by atoms with van der Waals surface area (Å²) in [6.45, 7) is 0.565. The zero-order chi connectivity index (χ0) is 27.0. The molecule has 4 aromatic rings. The molecule has 1 heterocycles. The minimum Gasteiger partial charge on any atom is -0.352 e. The minimum absolute atomic E-state index is 0.137. The number of alkyl halides is 3. The number of carbonyl (C=O) groups excluding carboxylic acids is 2. The average Bonchev–Trinajstić information content (AvgIpc) is 2.92. The highest BCUT2D eigenvalue weighted by Crippen LogP contribution is 2.30. The number of hydrogen-bond acceptors (Lipinski definition) is 3. The standard InChI is InChI=1S/C29H25F3N4O2/c30-29(31,32)21-12-14-23(15-13-21)36-28(38)35-19-20-7-1-2-9-24(20)25-10-3-4-11-26(25)27(37)34-18-16-22-8-5-6-17-33-22/h1-15,17H,16,18-19H2,(H,34,37)(H2,35,36,38). The SMILES string of the molecule is O=C(NCc1ccccc1-c1ccccc1C(=O)NCCc1ccccn1)Nc1ccc(C(F)(F)F)cc1. The number of nitrogens with one attached hydrogen (secondary N) is 3. The van der Waals surface area contributed by atoms with Crippen molar-refractivity contribution in [1.82, 2.24) is 15.6 Å². The maximum atomic E-state index is 13.0. The first-order valence-electron chi connectivity index (χ1n) is 11.9. The quantitative estimate of drug-likeness (QED) is 0.265. The van der Waals surface area contributed by atoms with Crippen LogP contribution in [0.2, 0.25) is 0 Å². The van der Waals surface area contributed by atoms with E-state index >= 15 is 0 Å². The average molecular weight is 519 g/mol. The molecule has 0 atom stereocenters. The van der Waals surface area contributed by atoms with Crippen molar-refractivity contribution >= 4 is 17.6 Å². The molecule has 3 aromatic carbocycles. The normalized spacial score (nSPS) is 11.0. The Balaban J connectivity index is 1.42. The molecule has 38 heavy (non-hydrogen) atoms. The van der Waals surface area contributed by atoms with Crippen molar-refractivity contribution in [2.75, 3.05) is 11.9 Å². The third-order valence-corrected chi connectivity index (χ3v) is 5.78. The van der Waals surface area contributed by atoms with Gasteiger partial charge in [0.1, 0.15) is 0 Å². The lowest BCUT2D eigenvalue weighted by molar-refractivity contribution is -0.137. The molecule has 1 aromatic heterocycles. The number of rotatable bonds is 8. The molecule has 3 N–H and O–H groups in total. The molecule has 0 saturated heterocycles. The third-order valence-electron chi connectivity index (χ3n) is 5.78. The van der Waals surface area contributed by atoms with Crippen LogP contribution in [0.4, 0.5) is 23.7 Å². The molecular formula is C29H25F3N4O2. The van der Waals surface area contributed by atoms with Gasteiger partial charge >= 0.3 is 12.2 Å². The van der Waals surface area contributed by atoms with E-state index in [-0.39, 0.29) is 18.1 Å². The Bertz CT molecular complexity index is 1390. The molecule has 0 spiro atoms. The smallest absolute Gasteiger partial charge is 0.352 e. The van der Waals surface area contributed by atoms with Gasteiger partial charge in [0.2, 0.25) is 0 Å². The van der Waals surface area contributed by atoms with Crippen molar-refractivity contribution in [3.8, 4) is 11.1 Å². The van der Waals surface area contributed by atoms with E-state index in [2.05, 4.69) is 20.9 Å². The molecule has 0 unspecified atom stereocenters. The number of halogens is 3. The van der Waals surface area contributed by atoms with E-state index in [9.17, 15) is 22.8 Å². The van der Waals surface area contributed by atoms with E-state index in [1.165, 1.54) is 12.1 Å². The van der Waals surface area contributed by atoms with Crippen molar-refractivity contribution in [3.63, 3.8) is 0 Å². The number of benzene rings is 3. The van der Waals surface area contributed by atoms with Crippen molar-refractivity contribution < 1.29 is 22.8 Å². The second-order valence-corrected chi connectivity index (χ2v) is 8.41. The van der Waals surface area contributed by atoms with Crippen molar-refractivity contribution in [2.24, 2.45) is 0 Å². The van der Waals surface area contributed by atoms with Crippen LogP contribution in [0.25, 0.3) is 11.1 Å². The largest absolute Gasteiger partial charge is 0.416 e. The van der Waals surface area contributed by atoms with Crippen LogP contribution in [-0.2, 0) is 19.1 Å². The van der Waals surface area contributed by atoms with Gasteiger partial charge in [-0.25, -0.2) is 4.79 Å². The highest BCUT2D eigenvalue weighted by molar-refractivity contribution is 6.01. The van der Waals surface area contributed by atoms with Crippen LogP contribution in [0.5, 0.6) is 0 Å². The summed E-state index contributed by atoms with van der Waals surface area (Å²) in [6.07, 6.45) is -2.14. The molecule has 4 rings (SSSR count). The molecule has 0 bridgehead atoms. The molecule has 0 fully saturated rings. The number of anilines is 1. The van der Waals surface area contributed by atoms with Crippen LogP contribution < -0.4 is 16.0 Å². The van der Waals surface area contributed by atoms with Gasteiger partial charge in [0.25, 0.3) is 5.91 Å². The number of nitrogens with zero attached hydrogens (tertiary/aromatic N) is 1. The van der Waals surface area contributed by atoms with Gasteiger partial charge < -0.3 is 16.0 Å². The van der Waals surface area contributed by atoms with Crippen molar-refractivity contribution in [1.29, 1.82) is 0 Å². The van der Waals surface area contributed by atoms with E-state index < -0.39 is 17.8 Å². The summed E-state index contributed by atoms with van der Waals surface area (Å²) in [5, 5.41) is 8.19. The minimum atomic E-state index is -4.45. The summed E-state index contributed by atoms with van der Waals surface area (Å²) in [6, 6.07) is 23.8. The van der Waals surface area contributed by atoms with Crippen LogP contribution in [0.3, 0.4) is 0 Å². The Kier molecular flexibility index (Phi) is 8.37. The van der Waals surface area contributed by atoms with Gasteiger partial charge in [-0.2, -0.15) is 13.2 Å². The van der Waals surface area contributed by atoms with Gasteiger partial charge in [-0.3, -0.25) is 9.78 Å². The first-order valence-corrected chi connectivity index (χ1v) is 11.9. The summed E-state index contributed by atoms with van der Waals surface area (Å²) < 4.78 is 38.3. The molecular weight excluding hydrogens is 493 g/mol. The summed E-state index contributed by atoms with van der Waals surface area (Å²) in [5.41, 5.74) is 3.07. The Morgan fingerprint density at radius 3 is 2.16 bits per heavy atom. The van der Waals surface area contributed by atoms with Gasteiger partial charge in [-0.05, 0) is 59.2 Å². The Hall–Kier alpha value is -4.66. The first-order chi connectivity index (χ1) is 18.3. The molecule has 0 aliphatic heterocycles. The molecule has 0 radical (unpaired) electrons. The van der Waals surface area contributed by atoms with E-state index in [4.69, 9.17) is 0 Å². The maximum Gasteiger partial charge on any atom is 0.416 e. The second-order valence-electron chi connectivity index (χ2n) is 8.41. The summed E-state index contributed by atoms with van der Waals surface area (Å²) in [7, 11) is 0. The topological polar surface area (TPSA) is 83.1 Å². The van der Waals surface area contributed by atoms with Gasteiger partial charge in [0, 0.05) is 42.7 Å². The molecule has 194 valence electrons. The fourth-order valence-electron chi connectivity index (χ4n) is 3.89. The molecule has 0 aliphatic rings. The predicted octanol–water partition coefficient (Wildman–Crippen LogP) is 6.06. The summed E-state index contributed by atoms with van der Waals surface area (Å²) in [4.78, 5) is 29.7. The zero-order valence-electron chi connectivity index (χ0n) is 20.3. The van der Waals surface area contributed by atoms with Crippen molar-refractivity contribution in [2.45, 2.75) is 19.1 Å². The van der Waals surface area contributed by atoms with Crippen LogP contribution in [0.1, 0.15) is 27.2 Å². The monoisotopic (exact) mass is 518 g/mol. The number of amides is 3. The fraction of sp³-hybridized carbons (Fsp3) is 0.138. The molecule has 0 aliphatic carbocycles. The number of aromatic nitrogens is 1. The van der Waals surface area contributed by atoms with Gasteiger partial charge in [-0.1, -0.05) is 48.5 Å². The third kappa shape index (κ3) is 6.97. The first kappa shape index (κ1) is 26.4. The Morgan fingerprint density at radius 2 is 1.45 bits per heavy atom. The Morgan fingerprint density at radius 1 is 0.763 bits per heavy atom. The van der Waals surface area contributed by atoms with Crippen LogP contribution in [0.15, 0.2) is 97.2 Å². The van der Waals surface area contributed by atoms with Crippen LogP contribution in [0, 0.1) is 0 Å². The van der Waals surface area contributed by atoms with E-state index in [1.54, 1.807) is 18.3 Å². The van der Waals surface area contributed by atoms with E-state index in [0.717, 1.165) is 29.0 Å². The van der Waals surface area contributed by atoms with Gasteiger partial charge in [-0.15, -0.1) is 0 Å². The number of hydrogen-bond donors (Lipinski definition) is 3. The molecule has 0 saturated carbocycles. The second kappa shape index (κ2) is 12.1. The lowest BCUT2D eigenvalue weighted by Gasteiger charge is -2.15. The van der Waals surface area contributed by atoms with Gasteiger partial charge in [0.05, 0.1) is 5.56 Å². The predicted molar refractivity (Wildman–Crippen MR) is 139 cm³/mol. The molecule has 9 heteroatoms. The maximum absolute atomic E-state index is 13.0. The van der Waals surface area contributed by atoms with Crippen LogP contribution >= 0.6 is 0 Å². The van der Waals surface area contributed by atoms with Gasteiger partial charge in [0.15, 0.2) is 0 Å². The lowest BCUT2D eigenvalue weighted by Crippen LogP contribution is -2.28. The zero-order valence-corrected chi connectivity index (χ0v) is 20.3. The van der Waals surface area contributed by atoms with E-state index in [0.29, 0.717) is 24.1 Å². The summed E-state index contributed by atoms with van der Waals surface area (Å²) >= 11 is 0. The fourth-order valence-corrected chi connectivity index (χ4v) is 3.89. The van der Waals surface area contributed by atoms with Crippen molar-refractivity contribution in [3.05, 3.63) is 120 Å². The number of carbonyl (C=O) groups is 2. The summed E-state index contributed by atoms with van der Waals surface area (Å²) in [5.74, 6) is -0.223. The highest BCUT2D eigenvalue weighted by Gasteiger charge is 2.30. The highest BCUT2D eigenvalue weighted by atomic mass is 19.4. The lowest BCUT2D eigenvalue weighted by atomic mass is 9.95.